The SMILES string of the molecule is C/C(=C\c1ncn(-c2ccc([N+](=O)[O-])cc2)n1)C[C@@H]1OC[C@H](C[C@@H]2O[C@H]2[C@@H](C)[C@H](C)O)[C@@H](O)[C@H]1O. The van der Waals surface area contributed by atoms with Crippen molar-refractivity contribution in [3.63, 3.8) is 0 Å². The molecule has 3 heterocycles. The summed E-state index contributed by atoms with van der Waals surface area (Å²) in [4.78, 5) is 14.6. The molecule has 0 saturated carbocycles. The molecule has 0 aliphatic carbocycles. The molecule has 2 saturated heterocycles. The van der Waals surface area contributed by atoms with E-state index < -0.39 is 29.3 Å². The second-order valence-corrected chi connectivity index (χ2v) is 9.60. The fraction of sp³-hybridized carbons (Fsp3) is 0.583. The van der Waals surface area contributed by atoms with Crippen LogP contribution in [0.1, 0.15) is 39.4 Å². The third-order valence-electron chi connectivity index (χ3n) is 6.91. The van der Waals surface area contributed by atoms with Gasteiger partial charge >= 0.3 is 0 Å². The zero-order valence-corrected chi connectivity index (χ0v) is 20.0. The quantitative estimate of drug-likeness (QED) is 0.272. The molecule has 190 valence electrons. The first-order valence-electron chi connectivity index (χ1n) is 11.8. The molecule has 0 radical (unpaired) electrons. The van der Waals surface area contributed by atoms with Crippen LogP contribution in [0.25, 0.3) is 11.8 Å². The summed E-state index contributed by atoms with van der Waals surface area (Å²) in [5, 5.41) is 46.3. The van der Waals surface area contributed by atoms with E-state index in [2.05, 4.69) is 10.1 Å². The van der Waals surface area contributed by atoms with Crippen molar-refractivity contribution < 1.29 is 29.7 Å². The van der Waals surface area contributed by atoms with Crippen LogP contribution < -0.4 is 0 Å². The number of nitro groups is 1. The van der Waals surface area contributed by atoms with Crippen LogP contribution in [0.15, 0.2) is 36.2 Å². The average molecular weight is 489 g/mol. The number of nitro benzene ring substituents is 1. The van der Waals surface area contributed by atoms with Crippen molar-refractivity contribution in [2.24, 2.45) is 11.8 Å². The number of non-ortho nitro benzene ring substituents is 1. The van der Waals surface area contributed by atoms with Crippen molar-refractivity contribution in [2.75, 3.05) is 6.61 Å². The van der Waals surface area contributed by atoms with Crippen LogP contribution in [0.4, 0.5) is 5.69 Å². The van der Waals surface area contributed by atoms with Gasteiger partial charge in [0.25, 0.3) is 5.69 Å². The summed E-state index contributed by atoms with van der Waals surface area (Å²) in [5.74, 6) is 0.235. The average Bonchev–Trinajstić information content (AvgIpc) is 3.44. The predicted molar refractivity (Wildman–Crippen MR) is 126 cm³/mol. The van der Waals surface area contributed by atoms with E-state index in [1.807, 2.05) is 13.8 Å². The lowest BCUT2D eigenvalue weighted by molar-refractivity contribution is -0.384. The van der Waals surface area contributed by atoms with Crippen LogP contribution in [0.5, 0.6) is 0 Å². The van der Waals surface area contributed by atoms with Gasteiger partial charge in [0.15, 0.2) is 5.82 Å². The molecule has 8 atom stereocenters. The summed E-state index contributed by atoms with van der Waals surface area (Å²) in [6.07, 6.45) is 1.23. The summed E-state index contributed by atoms with van der Waals surface area (Å²) in [6.45, 7) is 5.87. The monoisotopic (exact) mass is 488 g/mol. The lowest BCUT2D eigenvalue weighted by Gasteiger charge is -2.38. The molecule has 11 heteroatoms. The summed E-state index contributed by atoms with van der Waals surface area (Å²) < 4.78 is 13.1. The maximum Gasteiger partial charge on any atom is 0.269 e. The number of aliphatic hydroxyl groups is 3. The van der Waals surface area contributed by atoms with E-state index in [4.69, 9.17) is 9.47 Å². The van der Waals surface area contributed by atoms with Crippen LogP contribution in [0.2, 0.25) is 0 Å². The highest BCUT2D eigenvalue weighted by Gasteiger charge is 2.48. The maximum absolute atomic E-state index is 10.8. The zero-order valence-electron chi connectivity index (χ0n) is 20.0. The number of ether oxygens (including phenoxy) is 2. The van der Waals surface area contributed by atoms with Crippen molar-refractivity contribution in [1.82, 2.24) is 14.8 Å². The summed E-state index contributed by atoms with van der Waals surface area (Å²) in [6, 6.07) is 6.00. The molecule has 1 aromatic carbocycles. The number of hydrogen-bond acceptors (Lipinski definition) is 9. The van der Waals surface area contributed by atoms with Crippen molar-refractivity contribution in [2.45, 2.75) is 70.2 Å². The Morgan fingerprint density at radius 3 is 2.63 bits per heavy atom. The van der Waals surface area contributed by atoms with Gasteiger partial charge in [0, 0.05) is 24.0 Å². The van der Waals surface area contributed by atoms with Crippen LogP contribution in [-0.2, 0) is 9.47 Å². The van der Waals surface area contributed by atoms with E-state index in [1.54, 1.807) is 25.1 Å². The van der Waals surface area contributed by atoms with Crippen LogP contribution >= 0.6 is 0 Å². The molecule has 2 fully saturated rings. The summed E-state index contributed by atoms with van der Waals surface area (Å²) >= 11 is 0. The molecule has 1 aromatic heterocycles. The molecule has 0 unspecified atom stereocenters. The predicted octanol–water partition coefficient (Wildman–Crippen LogP) is 1.88. The van der Waals surface area contributed by atoms with Gasteiger partial charge in [0.05, 0.1) is 47.7 Å². The Labute approximate surface area is 203 Å². The number of epoxide rings is 1. The molecule has 0 spiro atoms. The molecule has 35 heavy (non-hydrogen) atoms. The van der Waals surface area contributed by atoms with E-state index in [0.29, 0.717) is 31.0 Å². The highest BCUT2D eigenvalue weighted by Crippen LogP contribution is 2.38. The van der Waals surface area contributed by atoms with Gasteiger partial charge in [-0.3, -0.25) is 10.1 Å². The van der Waals surface area contributed by atoms with Gasteiger partial charge in [0.1, 0.15) is 12.4 Å². The van der Waals surface area contributed by atoms with Gasteiger partial charge in [-0.15, -0.1) is 5.10 Å². The molecule has 2 aliphatic rings. The second-order valence-electron chi connectivity index (χ2n) is 9.60. The van der Waals surface area contributed by atoms with Crippen LogP contribution in [0, 0.1) is 22.0 Å². The Bertz CT molecular complexity index is 1050. The third kappa shape index (κ3) is 5.93. The first-order valence-corrected chi connectivity index (χ1v) is 11.8. The number of nitrogens with zero attached hydrogens (tertiary/aromatic N) is 4. The van der Waals surface area contributed by atoms with Crippen molar-refractivity contribution in [3.8, 4) is 5.69 Å². The second kappa shape index (κ2) is 10.5. The molecule has 3 N–H and O–H groups in total. The van der Waals surface area contributed by atoms with E-state index in [1.165, 1.54) is 23.1 Å². The number of rotatable bonds is 9. The fourth-order valence-electron chi connectivity index (χ4n) is 4.50. The molecule has 0 amide bonds. The van der Waals surface area contributed by atoms with Crippen molar-refractivity contribution in [1.29, 1.82) is 0 Å². The van der Waals surface area contributed by atoms with Gasteiger partial charge in [-0.1, -0.05) is 12.5 Å². The lowest BCUT2D eigenvalue weighted by atomic mass is 9.85. The van der Waals surface area contributed by atoms with Gasteiger partial charge in [-0.05, 0) is 44.9 Å². The standard InChI is InChI=1S/C24H32N4O7/c1-13(9-21-25-12-27(26-21)17-4-6-18(7-5-17)28(32)33)8-19-23(31)22(30)16(11-34-19)10-20-24(35-20)14(2)15(3)29/h4-7,9,12,14-16,19-20,22-24,29-31H,8,10-11H2,1-3H3/b13-9+/t14-,15-,16-,19-,20-,22+,23-,24-/m0/s1. The number of benzene rings is 1. The minimum absolute atomic E-state index is 0.000846. The molecule has 4 rings (SSSR count). The van der Waals surface area contributed by atoms with Crippen molar-refractivity contribution >= 4 is 11.8 Å². The van der Waals surface area contributed by atoms with Gasteiger partial charge in [0.2, 0.25) is 0 Å². The molecule has 0 bridgehead atoms. The Hall–Kier alpha value is -2.70. The Kier molecular flexibility index (Phi) is 7.62. The van der Waals surface area contributed by atoms with Gasteiger partial charge in [-0.2, -0.15) is 0 Å². The third-order valence-corrected chi connectivity index (χ3v) is 6.91. The zero-order chi connectivity index (χ0) is 25.3. The molecule has 11 nitrogen and oxygen atoms in total. The molecule has 2 aliphatic heterocycles. The largest absolute Gasteiger partial charge is 0.393 e. The van der Waals surface area contributed by atoms with E-state index in [0.717, 1.165) is 5.57 Å². The highest BCUT2D eigenvalue weighted by molar-refractivity contribution is 5.45. The normalized spacial score (nSPS) is 30.6. The number of aliphatic hydroxyl groups excluding tert-OH is 3. The maximum atomic E-state index is 10.8. The van der Waals surface area contributed by atoms with E-state index >= 15 is 0 Å². The van der Waals surface area contributed by atoms with Gasteiger partial charge in [-0.25, -0.2) is 9.67 Å². The fourth-order valence-corrected chi connectivity index (χ4v) is 4.50. The Morgan fingerprint density at radius 2 is 1.97 bits per heavy atom. The first kappa shape index (κ1) is 25.4. The van der Waals surface area contributed by atoms with E-state index in [9.17, 15) is 25.4 Å². The minimum Gasteiger partial charge on any atom is -0.393 e. The summed E-state index contributed by atoms with van der Waals surface area (Å²) in [7, 11) is 0. The summed E-state index contributed by atoms with van der Waals surface area (Å²) in [5.41, 5.74) is 1.52. The molecular weight excluding hydrogens is 456 g/mol. The Balaban J connectivity index is 1.31. The number of aromatic nitrogens is 3. The first-order chi connectivity index (χ1) is 16.6. The van der Waals surface area contributed by atoms with Crippen molar-refractivity contribution in [3.05, 3.63) is 52.1 Å². The number of hydrogen-bond donors (Lipinski definition) is 3. The molecule has 2 aromatic rings. The lowest BCUT2D eigenvalue weighted by Crippen LogP contribution is -2.50. The Morgan fingerprint density at radius 1 is 1.26 bits per heavy atom. The van der Waals surface area contributed by atoms with Crippen LogP contribution in [-0.4, -0.2) is 78.2 Å². The van der Waals surface area contributed by atoms with E-state index in [-0.39, 0.29) is 29.7 Å². The van der Waals surface area contributed by atoms with Crippen LogP contribution in [0.3, 0.4) is 0 Å². The minimum atomic E-state index is -1.03. The van der Waals surface area contributed by atoms with Gasteiger partial charge < -0.3 is 24.8 Å². The molecular formula is C24H32N4O7. The highest BCUT2D eigenvalue weighted by atomic mass is 16.6. The smallest absolute Gasteiger partial charge is 0.269 e. The topological polar surface area (TPSA) is 156 Å².